The molecule has 0 aliphatic carbocycles. The lowest BCUT2D eigenvalue weighted by molar-refractivity contribution is 0.471. The highest BCUT2D eigenvalue weighted by Gasteiger charge is 1.93. The predicted molar refractivity (Wildman–Crippen MR) is 48.9 cm³/mol. The van der Waals surface area contributed by atoms with Crippen molar-refractivity contribution < 1.29 is 5.11 Å². The molecule has 0 atom stereocenters. The van der Waals surface area contributed by atoms with E-state index in [2.05, 4.69) is 10.3 Å². The zero-order valence-corrected chi connectivity index (χ0v) is 6.99. The van der Waals surface area contributed by atoms with Gasteiger partial charge in [-0.2, -0.15) is 0 Å². The van der Waals surface area contributed by atoms with Crippen molar-refractivity contribution in [2.75, 3.05) is 13.6 Å². The van der Waals surface area contributed by atoms with Crippen LogP contribution in [0.3, 0.4) is 0 Å². The largest absolute Gasteiger partial charge is 0.506 e. The summed E-state index contributed by atoms with van der Waals surface area (Å²) in [5.74, 6) is 0.213. The molecule has 0 aliphatic rings. The Kier molecular flexibility index (Phi) is 3.29. The van der Waals surface area contributed by atoms with Crippen LogP contribution in [0.1, 0.15) is 5.69 Å². The molecule has 1 heterocycles. The van der Waals surface area contributed by atoms with Crippen molar-refractivity contribution in [3.63, 3.8) is 0 Å². The maximum atomic E-state index is 9.28. The Bertz CT molecular complexity index is 271. The van der Waals surface area contributed by atoms with Gasteiger partial charge in [-0.3, -0.25) is 4.98 Å². The van der Waals surface area contributed by atoms with Crippen molar-refractivity contribution in [1.29, 1.82) is 0 Å². The van der Waals surface area contributed by atoms with Crippen LogP contribution in [0.4, 0.5) is 0 Å². The van der Waals surface area contributed by atoms with Crippen LogP contribution in [0.2, 0.25) is 0 Å². The third kappa shape index (κ3) is 2.36. The van der Waals surface area contributed by atoms with E-state index in [1.807, 2.05) is 13.1 Å². The Balaban J connectivity index is 2.68. The summed E-state index contributed by atoms with van der Waals surface area (Å²) in [6.45, 7) is 0.774. The molecule has 0 aliphatic heterocycles. The Hall–Kier alpha value is -1.35. The number of hydrogen-bond donors (Lipinski definition) is 2. The normalized spacial score (nSPS) is 10.8. The van der Waals surface area contributed by atoms with Crippen LogP contribution >= 0.6 is 0 Å². The van der Waals surface area contributed by atoms with Crippen LogP contribution in [0.5, 0.6) is 5.75 Å². The summed E-state index contributed by atoms with van der Waals surface area (Å²) in [5, 5.41) is 12.2. The number of pyridine rings is 1. The van der Waals surface area contributed by atoms with E-state index in [1.54, 1.807) is 24.4 Å². The fourth-order valence-corrected chi connectivity index (χ4v) is 0.826. The van der Waals surface area contributed by atoms with Gasteiger partial charge in [0.15, 0.2) is 0 Å². The first-order valence-electron chi connectivity index (χ1n) is 3.79. The zero-order chi connectivity index (χ0) is 8.81. The molecule has 0 radical (unpaired) electrons. The predicted octanol–water partition coefficient (Wildman–Crippen LogP) is 1.02. The van der Waals surface area contributed by atoms with Gasteiger partial charge >= 0.3 is 0 Å². The average Bonchev–Trinajstić information content (AvgIpc) is 2.09. The van der Waals surface area contributed by atoms with Gasteiger partial charge in [-0.15, -0.1) is 0 Å². The average molecular weight is 164 g/mol. The van der Waals surface area contributed by atoms with Gasteiger partial charge < -0.3 is 10.4 Å². The summed E-state index contributed by atoms with van der Waals surface area (Å²) < 4.78 is 0. The molecule has 1 rings (SSSR count). The molecule has 3 heteroatoms. The van der Waals surface area contributed by atoms with Crippen molar-refractivity contribution in [3.05, 3.63) is 30.1 Å². The highest BCUT2D eigenvalue weighted by atomic mass is 16.3. The van der Waals surface area contributed by atoms with Crippen molar-refractivity contribution in [2.24, 2.45) is 0 Å². The molecular weight excluding hydrogens is 152 g/mol. The number of aromatic nitrogens is 1. The molecule has 1 aromatic heterocycles. The van der Waals surface area contributed by atoms with Gasteiger partial charge in [-0.25, -0.2) is 0 Å². The number of nitrogens with one attached hydrogen (secondary N) is 1. The van der Waals surface area contributed by atoms with Crippen LogP contribution in [-0.4, -0.2) is 23.7 Å². The molecule has 3 nitrogen and oxygen atoms in total. The minimum atomic E-state index is 0.213. The zero-order valence-electron chi connectivity index (χ0n) is 6.99. The standard InChI is InChI=1S/C9H12N2O/c1-10-6-2-4-8-9(12)5-3-7-11-8/h2-5,7,10,12H,6H2,1H3. The van der Waals surface area contributed by atoms with E-state index < -0.39 is 0 Å². The summed E-state index contributed by atoms with van der Waals surface area (Å²) in [5.41, 5.74) is 0.604. The van der Waals surface area contributed by atoms with E-state index in [-0.39, 0.29) is 5.75 Å². The summed E-state index contributed by atoms with van der Waals surface area (Å²) in [6, 6.07) is 3.32. The fourth-order valence-electron chi connectivity index (χ4n) is 0.826. The minimum Gasteiger partial charge on any atom is -0.506 e. The lowest BCUT2D eigenvalue weighted by Gasteiger charge is -1.95. The number of hydrogen-bond acceptors (Lipinski definition) is 3. The van der Waals surface area contributed by atoms with Gasteiger partial charge in [0.05, 0.1) is 0 Å². The lowest BCUT2D eigenvalue weighted by Crippen LogP contribution is -2.03. The maximum absolute atomic E-state index is 9.28. The van der Waals surface area contributed by atoms with E-state index in [9.17, 15) is 5.11 Å². The molecule has 0 amide bonds. The van der Waals surface area contributed by atoms with Gasteiger partial charge in [-0.1, -0.05) is 6.08 Å². The van der Waals surface area contributed by atoms with Gasteiger partial charge in [0.2, 0.25) is 0 Å². The van der Waals surface area contributed by atoms with Crippen molar-refractivity contribution in [2.45, 2.75) is 0 Å². The molecule has 0 unspecified atom stereocenters. The summed E-state index contributed by atoms with van der Waals surface area (Å²) in [4.78, 5) is 3.99. The number of aromatic hydroxyl groups is 1. The van der Waals surface area contributed by atoms with Gasteiger partial charge in [0.25, 0.3) is 0 Å². The maximum Gasteiger partial charge on any atom is 0.141 e. The monoisotopic (exact) mass is 164 g/mol. The first-order chi connectivity index (χ1) is 5.84. The van der Waals surface area contributed by atoms with E-state index >= 15 is 0 Å². The molecule has 0 spiro atoms. The molecule has 1 aromatic rings. The topological polar surface area (TPSA) is 45.2 Å². The Labute approximate surface area is 71.8 Å². The second-order valence-electron chi connectivity index (χ2n) is 2.37. The molecular formula is C9H12N2O. The van der Waals surface area contributed by atoms with Gasteiger partial charge in [-0.05, 0) is 25.3 Å². The Morgan fingerprint density at radius 2 is 2.50 bits per heavy atom. The number of nitrogens with zero attached hydrogens (tertiary/aromatic N) is 1. The third-order valence-electron chi connectivity index (χ3n) is 1.41. The first-order valence-corrected chi connectivity index (χ1v) is 3.79. The Morgan fingerprint density at radius 1 is 1.67 bits per heavy atom. The fraction of sp³-hybridized carbons (Fsp3) is 0.222. The highest BCUT2D eigenvalue weighted by molar-refractivity contribution is 5.51. The van der Waals surface area contributed by atoms with E-state index in [0.717, 1.165) is 6.54 Å². The smallest absolute Gasteiger partial charge is 0.141 e. The quantitative estimate of drug-likeness (QED) is 0.701. The molecule has 2 N–H and O–H groups in total. The molecule has 0 saturated carbocycles. The number of rotatable bonds is 3. The minimum absolute atomic E-state index is 0.213. The molecule has 0 fully saturated rings. The number of likely N-dealkylation sites (N-methyl/N-ethyl adjacent to an activating group) is 1. The highest BCUT2D eigenvalue weighted by Crippen LogP contribution is 2.13. The second-order valence-corrected chi connectivity index (χ2v) is 2.37. The third-order valence-corrected chi connectivity index (χ3v) is 1.41. The van der Waals surface area contributed by atoms with Crippen molar-refractivity contribution in [1.82, 2.24) is 10.3 Å². The van der Waals surface area contributed by atoms with Crippen LogP contribution < -0.4 is 5.32 Å². The lowest BCUT2D eigenvalue weighted by atomic mass is 10.3. The summed E-state index contributed by atoms with van der Waals surface area (Å²) >= 11 is 0. The SMILES string of the molecule is CNCC=Cc1ncccc1O. The molecule has 0 aromatic carbocycles. The van der Waals surface area contributed by atoms with Crippen molar-refractivity contribution >= 4 is 6.08 Å². The molecule has 12 heavy (non-hydrogen) atoms. The van der Waals surface area contributed by atoms with Crippen molar-refractivity contribution in [3.8, 4) is 5.75 Å². The van der Waals surface area contributed by atoms with E-state index in [4.69, 9.17) is 0 Å². The summed E-state index contributed by atoms with van der Waals surface area (Å²) in [7, 11) is 1.86. The molecule has 0 bridgehead atoms. The molecule has 64 valence electrons. The van der Waals surface area contributed by atoms with E-state index in [1.165, 1.54) is 0 Å². The first kappa shape index (κ1) is 8.74. The van der Waals surface area contributed by atoms with Crippen LogP contribution in [-0.2, 0) is 0 Å². The summed E-state index contributed by atoms with van der Waals surface area (Å²) in [6.07, 6.45) is 5.34. The Morgan fingerprint density at radius 3 is 3.17 bits per heavy atom. The second kappa shape index (κ2) is 4.51. The molecule has 0 saturated heterocycles. The van der Waals surface area contributed by atoms with Gasteiger partial charge in [0, 0.05) is 12.7 Å². The van der Waals surface area contributed by atoms with Gasteiger partial charge in [0.1, 0.15) is 11.4 Å². The van der Waals surface area contributed by atoms with Crippen LogP contribution in [0.25, 0.3) is 6.08 Å². The van der Waals surface area contributed by atoms with Crippen LogP contribution in [0, 0.1) is 0 Å². The van der Waals surface area contributed by atoms with E-state index in [0.29, 0.717) is 5.69 Å². The van der Waals surface area contributed by atoms with Crippen LogP contribution in [0.15, 0.2) is 24.4 Å².